The molecule has 0 unspecified atom stereocenters. The third-order valence-electron chi connectivity index (χ3n) is 2.26. The number of aromatic nitrogens is 2. The summed E-state index contributed by atoms with van der Waals surface area (Å²) in [6.07, 6.45) is 5.24. The second-order valence-electron chi connectivity index (χ2n) is 3.28. The highest BCUT2D eigenvalue weighted by molar-refractivity contribution is 5.74. The molecule has 1 aromatic heterocycles. The average Bonchev–Trinajstić information content (AvgIpc) is 2.25. The highest BCUT2D eigenvalue weighted by Gasteiger charge is 2.05. The first-order valence-corrected chi connectivity index (χ1v) is 4.63. The summed E-state index contributed by atoms with van der Waals surface area (Å²) in [6, 6.07) is 7.47. The number of benzene rings is 1. The molecule has 3 nitrogen and oxygen atoms in total. The highest BCUT2D eigenvalue weighted by Crippen LogP contribution is 2.08. The molecule has 2 rings (SSSR count). The molecule has 0 spiro atoms. The minimum atomic E-state index is -0.119. The van der Waals surface area contributed by atoms with Crippen LogP contribution in [0.2, 0.25) is 0 Å². The molecule has 1 aromatic carbocycles. The van der Waals surface area contributed by atoms with Gasteiger partial charge in [0.15, 0.2) is 0 Å². The van der Waals surface area contributed by atoms with Crippen LogP contribution < -0.4 is 5.56 Å². The van der Waals surface area contributed by atoms with Gasteiger partial charge in [0.05, 0.1) is 17.6 Å². The topological polar surface area (TPSA) is 34.9 Å². The number of hydrogen-bond donors (Lipinski definition) is 0. The van der Waals surface area contributed by atoms with Gasteiger partial charge in [0.2, 0.25) is 0 Å². The second-order valence-corrected chi connectivity index (χ2v) is 3.28. The van der Waals surface area contributed by atoms with Crippen LogP contribution in [-0.4, -0.2) is 9.55 Å². The van der Waals surface area contributed by atoms with E-state index in [-0.39, 0.29) is 12.1 Å². The van der Waals surface area contributed by atoms with Crippen LogP contribution in [0.4, 0.5) is 0 Å². The zero-order chi connectivity index (χ0) is 10.8. The molecule has 2 aromatic rings. The van der Waals surface area contributed by atoms with Crippen LogP contribution in [-0.2, 0) is 6.54 Å². The first-order chi connectivity index (χ1) is 7.24. The number of hydrogen-bond acceptors (Lipinski definition) is 2. The van der Waals surface area contributed by atoms with Gasteiger partial charge in [-0.2, -0.15) is 0 Å². The summed E-state index contributed by atoms with van der Waals surface area (Å²) in [5.41, 5.74) is 1.94. The normalized spacial score (nSPS) is 10.1. The summed E-state index contributed by atoms with van der Waals surface area (Å²) in [4.78, 5) is 16.0. The SMILES string of the molecule is C#CCn1c(=O)c(C)nc2ccccc21. The minimum absolute atomic E-state index is 0.119. The van der Waals surface area contributed by atoms with Gasteiger partial charge in [0.25, 0.3) is 5.56 Å². The Labute approximate surface area is 87.4 Å². The molecule has 0 amide bonds. The van der Waals surface area contributed by atoms with Crippen LogP contribution in [0.15, 0.2) is 29.1 Å². The number of rotatable bonds is 1. The van der Waals surface area contributed by atoms with Crippen molar-refractivity contribution >= 4 is 11.0 Å². The molecule has 1 heterocycles. The molecule has 0 radical (unpaired) electrons. The van der Waals surface area contributed by atoms with Gasteiger partial charge in [-0.1, -0.05) is 18.1 Å². The highest BCUT2D eigenvalue weighted by atomic mass is 16.1. The predicted octanol–water partition coefficient (Wildman–Crippen LogP) is 1.34. The fraction of sp³-hybridized carbons (Fsp3) is 0.167. The summed E-state index contributed by atoms with van der Waals surface area (Å²) in [5, 5.41) is 0. The van der Waals surface area contributed by atoms with Gasteiger partial charge in [0.1, 0.15) is 5.69 Å². The monoisotopic (exact) mass is 198 g/mol. The smallest absolute Gasteiger partial charge is 0.273 e. The Kier molecular flexibility index (Phi) is 2.26. The van der Waals surface area contributed by atoms with E-state index in [0.717, 1.165) is 11.0 Å². The van der Waals surface area contributed by atoms with E-state index in [4.69, 9.17) is 6.42 Å². The van der Waals surface area contributed by atoms with Crippen molar-refractivity contribution < 1.29 is 0 Å². The summed E-state index contributed by atoms with van der Waals surface area (Å²) in [5.74, 6) is 2.48. The van der Waals surface area contributed by atoms with Gasteiger partial charge in [-0.15, -0.1) is 6.42 Å². The Balaban J connectivity index is 2.90. The fourth-order valence-corrected chi connectivity index (χ4v) is 1.57. The lowest BCUT2D eigenvalue weighted by molar-refractivity contribution is 0.812. The molecule has 0 fully saturated rings. The quantitative estimate of drug-likeness (QED) is 0.648. The zero-order valence-electron chi connectivity index (χ0n) is 8.40. The van der Waals surface area contributed by atoms with Crippen molar-refractivity contribution in [2.75, 3.05) is 0 Å². The zero-order valence-corrected chi connectivity index (χ0v) is 8.40. The maximum Gasteiger partial charge on any atom is 0.273 e. The van der Waals surface area contributed by atoms with Crippen molar-refractivity contribution in [3.05, 3.63) is 40.3 Å². The molecular formula is C12H10N2O. The summed E-state index contributed by atoms with van der Waals surface area (Å²) < 4.78 is 1.57. The Bertz CT molecular complexity index is 605. The molecule has 0 bridgehead atoms. The van der Waals surface area contributed by atoms with Gasteiger partial charge >= 0.3 is 0 Å². The van der Waals surface area contributed by atoms with E-state index >= 15 is 0 Å². The average molecular weight is 198 g/mol. The van der Waals surface area contributed by atoms with Crippen LogP contribution in [0.25, 0.3) is 11.0 Å². The fourth-order valence-electron chi connectivity index (χ4n) is 1.57. The van der Waals surface area contributed by atoms with E-state index in [2.05, 4.69) is 10.9 Å². The molecule has 0 aliphatic heterocycles. The lowest BCUT2D eigenvalue weighted by Gasteiger charge is -2.07. The first-order valence-electron chi connectivity index (χ1n) is 4.63. The molecule has 0 saturated carbocycles. The Morgan fingerprint density at radius 1 is 1.47 bits per heavy atom. The lowest BCUT2D eigenvalue weighted by atomic mass is 10.3. The van der Waals surface area contributed by atoms with Crippen molar-refractivity contribution in [2.24, 2.45) is 0 Å². The van der Waals surface area contributed by atoms with E-state index in [9.17, 15) is 4.79 Å². The maximum atomic E-state index is 11.8. The van der Waals surface area contributed by atoms with Gasteiger partial charge in [-0.25, -0.2) is 4.98 Å². The Hall–Kier alpha value is -2.08. The van der Waals surface area contributed by atoms with E-state index in [0.29, 0.717) is 5.69 Å². The minimum Gasteiger partial charge on any atom is -0.294 e. The number of aryl methyl sites for hydroxylation is 1. The van der Waals surface area contributed by atoms with Crippen molar-refractivity contribution in [1.29, 1.82) is 0 Å². The van der Waals surface area contributed by atoms with Crippen LogP contribution in [0.5, 0.6) is 0 Å². The number of para-hydroxylation sites is 2. The van der Waals surface area contributed by atoms with Crippen molar-refractivity contribution in [3.63, 3.8) is 0 Å². The molecule has 15 heavy (non-hydrogen) atoms. The van der Waals surface area contributed by atoms with Crippen molar-refractivity contribution in [2.45, 2.75) is 13.5 Å². The number of terminal acetylenes is 1. The van der Waals surface area contributed by atoms with E-state index in [1.54, 1.807) is 11.5 Å². The molecule has 0 N–H and O–H groups in total. The van der Waals surface area contributed by atoms with Crippen molar-refractivity contribution in [1.82, 2.24) is 9.55 Å². The Morgan fingerprint density at radius 2 is 2.20 bits per heavy atom. The van der Waals surface area contributed by atoms with Gasteiger partial charge in [-0.05, 0) is 19.1 Å². The Morgan fingerprint density at radius 3 is 2.93 bits per heavy atom. The standard InChI is InChI=1S/C12H10N2O/c1-3-8-14-11-7-5-4-6-10(11)13-9(2)12(14)15/h1,4-7H,8H2,2H3. The van der Waals surface area contributed by atoms with E-state index in [1.165, 1.54) is 0 Å². The number of fused-ring (bicyclic) bond motifs is 1. The summed E-state index contributed by atoms with van der Waals surface area (Å²) in [7, 11) is 0. The number of nitrogens with zero attached hydrogens (tertiary/aromatic N) is 2. The molecular weight excluding hydrogens is 188 g/mol. The van der Waals surface area contributed by atoms with Crippen LogP contribution in [0.1, 0.15) is 5.69 Å². The van der Waals surface area contributed by atoms with Gasteiger partial charge < -0.3 is 0 Å². The maximum absolute atomic E-state index is 11.8. The predicted molar refractivity (Wildman–Crippen MR) is 59.6 cm³/mol. The molecule has 0 aliphatic carbocycles. The van der Waals surface area contributed by atoms with E-state index < -0.39 is 0 Å². The summed E-state index contributed by atoms with van der Waals surface area (Å²) in [6.45, 7) is 1.98. The summed E-state index contributed by atoms with van der Waals surface area (Å²) >= 11 is 0. The van der Waals surface area contributed by atoms with Crippen LogP contribution >= 0.6 is 0 Å². The van der Waals surface area contributed by atoms with Gasteiger partial charge in [-0.3, -0.25) is 9.36 Å². The lowest BCUT2D eigenvalue weighted by Crippen LogP contribution is -2.23. The van der Waals surface area contributed by atoms with Crippen LogP contribution in [0, 0.1) is 19.3 Å². The second kappa shape index (κ2) is 3.58. The molecule has 0 atom stereocenters. The van der Waals surface area contributed by atoms with Crippen molar-refractivity contribution in [3.8, 4) is 12.3 Å². The van der Waals surface area contributed by atoms with E-state index in [1.807, 2.05) is 24.3 Å². The molecule has 0 saturated heterocycles. The van der Waals surface area contributed by atoms with Crippen LogP contribution in [0.3, 0.4) is 0 Å². The largest absolute Gasteiger partial charge is 0.294 e. The van der Waals surface area contributed by atoms with Gasteiger partial charge in [0, 0.05) is 0 Å². The third-order valence-corrected chi connectivity index (χ3v) is 2.26. The molecule has 74 valence electrons. The molecule has 0 aliphatic rings. The third kappa shape index (κ3) is 1.50. The first kappa shape index (κ1) is 9.47. The molecule has 3 heteroatoms.